The molecule has 0 aliphatic carbocycles. The van der Waals surface area contributed by atoms with Crippen LogP contribution in [0.2, 0.25) is 0 Å². The fraction of sp³-hybridized carbons (Fsp3) is 0.154. The van der Waals surface area contributed by atoms with Crippen LogP contribution in [0.25, 0.3) is 0 Å². The van der Waals surface area contributed by atoms with Crippen LogP contribution in [0.15, 0.2) is 36.7 Å². The molecule has 6 heteroatoms. The van der Waals surface area contributed by atoms with Crippen molar-refractivity contribution >= 4 is 17.8 Å². The molecule has 1 atom stereocenters. The number of anilines is 1. The Labute approximate surface area is 109 Å². The highest BCUT2D eigenvalue weighted by atomic mass is 16.2. The van der Waals surface area contributed by atoms with Crippen LogP contribution in [0.3, 0.4) is 0 Å². The number of carbonyl (C=O) groups is 2. The van der Waals surface area contributed by atoms with Crippen molar-refractivity contribution in [3.05, 3.63) is 47.8 Å². The number of amides is 2. The smallest absolute Gasteiger partial charge is 0.252 e. The summed E-state index contributed by atoms with van der Waals surface area (Å²) in [5.74, 6) is 0.0750. The van der Waals surface area contributed by atoms with Crippen molar-refractivity contribution in [1.82, 2.24) is 15.3 Å². The number of fused-ring (bicyclic) bond motifs is 1. The van der Waals surface area contributed by atoms with Crippen molar-refractivity contribution < 1.29 is 9.59 Å². The van der Waals surface area contributed by atoms with E-state index >= 15 is 0 Å². The predicted octanol–water partition coefficient (Wildman–Crippen LogP) is 1.22. The number of aromatic nitrogens is 2. The third kappa shape index (κ3) is 2.20. The molecule has 0 spiro atoms. The molecule has 0 saturated heterocycles. The summed E-state index contributed by atoms with van der Waals surface area (Å²) >= 11 is 0. The molecule has 1 aromatic heterocycles. The van der Waals surface area contributed by atoms with E-state index in [9.17, 15) is 9.59 Å². The molecule has 0 bridgehead atoms. The van der Waals surface area contributed by atoms with Crippen LogP contribution in [0, 0.1) is 0 Å². The number of rotatable bonds is 3. The van der Waals surface area contributed by atoms with Gasteiger partial charge in [-0.15, -0.1) is 0 Å². The van der Waals surface area contributed by atoms with Gasteiger partial charge in [-0.25, -0.2) is 4.98 Å². The number of hydrogen-bond acceptors (Lipinski definition) is 3. The zero-order chi connectivity index (χ0) is 13.2. The maximum absolute atomic E-state index is 11.9. The van der Waals surface area contributed by atoms with Gasteiger partial charge in [0.2, 0.25) is 11.9 Å². The van der Waals surface area contributed by atoms with Gasteiger partial charge in [-0.3, -0.25) is 14.9 Å². The minimum atomic E-state index is -0.279. The van der Waals surface area contributed by atoms with Crippen molar-refractivity contribution in [3.8, 4) is 0 Å². The van der Waals surface area contributed by atoms with Crippen molar-refractivity contribution in [1.29, 1.82) is 0 Å². The van der Waals surface area contributed by atoms with E-state index < -0.39 is 0 Å². The SMILES string of the molecule is O=C(C[C@H]1NC(=O)c2ccccc21)Nc1ncc[nH]1. The van der Waals surface area contributed by atoms with E-state index in [0.717, 1.165) is 5.56 Å². The second-order valence-electron chi connectivity index (χ2n) is 4.30. The van der Waals surface area contributed by atoms with Crippen LogP contribution in [0.5, 0.6) is 0 Å². The Morgan fingerprint density at radius 2 is 2.21 bits per heavy atom. The molecule has 3 N–H and O–H groups in total. The normalized spacial score (nSPS) is 16.8. The summed E-state index contributed by atoms with van der Waals surface area (Å²) in [5, 5.41) is 5.44. The van der Waals surface area contributed by atoms with E-state index in [0.29, 0.717) is 11.5 Å². The highest BCUT2D eigenvalue weighted by Crippen LogP contribution is 2.27. The zero-order valence-electron chi connectivity index (χ0n) is 10.0. The Hall–Kier alpha value is -2.63. The van der Waals surface area contributed by atoms with Gasteiger partial charge in [-0.1, -0.05) is 18.2 Å². The average Bonchev–Trinajstić information content (AvgIpc) is 3.00. The van der Waals surface area contributed by atoms with Crippen molar-refractivity contribution in [2.45, 2.75) is 12.5 Å². The lowest BCUT2D eigenvalue weighted by molar-refractivity contribution is -0.116. The van der Waals surface area contributed by atoms with Gasteiger partial charge in [0.15, 0.2) is 0 Å². The monoisotopic (exact) mass is 256 g/mol. The Bertz CT molecular complexity index is 621. The Morgan fingerprint density at radius 3 is 3.00 bits per heavy atom. The maximum atomic E-state index is 11.9. The quantitative estimate of drug-likeness (QED) is 0.771. The number of H-pyrrole nitrogens is 1. The summed E-state index contributed by atoms with van der Waals surface area (Å²) in [6.07, 6.45) is 3.37. The van der Waals surface area contributed by atoms with E-state index in [1.54, 1.807) is 18.5 Å². The molecule has 6 nitrogen and oxygen atoms in total. The third-order valence-electron chi connectivity index (χ3n) is 3.03. The summed E-state index contributed by atoms with van der Waals surface area (Å²) < 4.78 is 0. The zero-order valence-corrected chi connectivity index (χ0v) is 10.0. The van der Waals surface area contributed by atoms with Gasteiger partial charge in [0.25, 0.3) is 5.91 Å². The van der Waals surface area contributed by atoms with Crippen molar-refractivity contribution in [2.75, 3.05) is 5.32 Å². The molecule has 0 radical (unpaired) electrons. The molecule has 2 aromatic rings. The van der Waals surface area contributed by atoms with Crippen LogP contribution in [0.4, 0.5) is 5.95 Å². The first-order valence-electron chi connectivity index (χ1n) is 5.93. The van der Waals surface area contributed by atoms with Gasteiger partial charge >= 0.3 is 0 Å². The lowest BCUT2D eigenvalue weighted by Crippen LogP contribution is -2.24. The first-order chi connectivity index (χ1) is 9.24. The van der Waals surface area contributed by atoms with Crippen LogP contribution in [-0.4, -0.2) is 21.8 Å². The lowest BCUT2D eigenvalue weighted by atomic mass is 10.0. The minimum Gasteiger partial charge on any atom is -0.345 e. The average molecular weight is 256 g/mol. The Balaban J connectivity index is 1.71. The summed E-state index contributed by atoms with van der Waals surface area (Å²) in [6.45, 7) is 0. The van der Waals surface area contributed by atoms with Gasteiger partial charge in [0.1, 0.15) is 0 Å². The van der Waals surface area contributed by atoms with E-state index in [-0.39, 0.29) is 24.3 Å². The molecule has 96 valence electrons. The molecule has 2 amide bonds. The fourth-order valence-electron chi connectivity index (χ4n) is 2.18. The Morgan fingerprint density at radius 1 is 1.37 bits per heavy atom. The van der Waals surface area contributed by atoms with Gasteiger partial charge < -0.3 is 10.3 Å². The van der Waals surface area contributed by atoms with Gasteiger partial charge in [-0.2, -0.15) is 0 Å². The number of aromatic amines is 1. The van der Waals surface area contributed by atoms with E-state index in [2.05, 4.69) is 20.6 Å². The van der Waals surface area contributed by atoms with E-state index in [1.165, 1.54) is 0 Å². The first-order valence-corrected chi connectivity index (χ1v) is 5.93. The van der Waals surface area contributed by atoms with E-state index in [1.807, 2.05) is 18.2 Å². The second-order valence-corrected chi connectivity index (χ2v) is 4.30. The molecule has 19 heavy (non-hydrogen) atoms. The topological polar surface area (TPSA) is 86.9 Å². The van der Waals surface area contributed by atoms with Gasteiger partial charge in [0, 0.05) is 18.0 Å². The molecule has 0 unspecified atom stereocenters. The molecule has 2 heterocycles. The summed E-state index contributed by atoms with van der Waals surface area (Å²) in [6, 6.07) is 7.01. The van der Waals surface area contributed by atoms with Crippen molar-refractivity contribution in [3.63, 3.8) is 0 Å². The largest absolute Gasteiger partial charge is 0.345 e. The van der Waals surface area contributed by atoms with Gasteiger partial charge in [-0.05, 0) is 11.6 Å². The van der Waals surface area contributed by atoms with Gasteiger partial charge in [0.05, 0.1) is 12.5 Å². The maximum Gasteiger partial charge on any atom is 0.252 e. The van der Waals surface area contributed by atoms with Crippen LogP contribution in [-0.2, 0) is 4.79 Å². The second kappa shape index (κ2) is 4.56. The minimum absolute atomic E-state index is 0.133. The molecule has 1 aliphatic rings. The number of benzene rings is 1. The predicted molar refractivity (Wildman–Crippen MR) is 68.5 cm³/mol. The number of imidazole rings is 1. The number of nitrogens with one attached hydrogen (secondary N) is 3. The standard InChI is InChI=1S/C13H12N4O2/c18-11(17-13-14-5-6-15-13)7-10-8-3-1-2-4-9(8)12(19)16-10/h1-6,10H,7H2,(H,16,19)(H2,14,15,17,18)/t10-/m1/s1. The number of nitrogens with zero attached hydrogens (tertiary/aromatic N) is 1. The molecule has 0 fully saturated rings. The number of carbonyl (C=O) groups excluding carboxylic acids is 2. The van der Waals surface area contributed by atoms with Crippen molar-refractivity contribution in [2.24, 2.45) is 0 Å². The molecule has 3 rings (SSSR count). The summed E-state index contributed by atoms with van der Waals surface area (Å²) in [7, 11) is 0. The number of hydrogen-bond donors (Lipinski definition) is 3. The third-order valence-corrected chi connectivity index (χ3v) is 3.03. The molecule has 1 aliphatic heterocycles. The molecular weight excluding hydrogens is 244 g/mol. The summed E-state index contributed by atoms with van der Waals surface area (Å²) in [5.41, 5.74) is 1.50. The first kappa shape index (κ1) is 11.5. The Kier molecular flexibility index (Phi) is 2.75. The highest BCUT2D eigenvalue weighted by molar-refractivity contribution is 6.00. The van der Waals surface area contributed by atoms with Crippen LogP contribution >= 0.6 is 0 Å². The summed E-state index contributed by atoms with van der Waals surface area (Å²) in [4.78, 5) is 30.3. The van der Waals surface area contributed by atoms with Crippen LogP contribution in [0.1, 0.15) is 28.4 Å². The van der Waals surface area contributed by atoms with E-state index in [4.69, 9.17) is 0 Å². The molecule has 1 aromatic carbocycles. The van der Waals surface area contributed by atoms with Crippen LogP contribution < -0.4 is 10.6 Å². The highest BCUT2D eigenvalue weighted by Gasteiger charge is 2.29. The lowest BCUT2D eigenvalue weighted by Gasteiger charge is -2.10. The fourth-order valence-corrected chi connectivity index (χ4v) is 2.18. The molecule has 0 saturated carbocycles. The molecular formula is C13H12N4O2.